The summed E-state index contributed by atoms with van der Waals surface area (Å²) >= 11 is 0. The predicted octanol–water partition coefficient (Wildman–Crippen LogP) is 0.214. The molecule has 6 heteroatoms. The van der Waals surface area contributed by atoms with Crippen molar-refractivity contribution in [1.82, 2.24) is 20.4 Å². The number of carbonyl (C=O) groups is 1. The number of rotatable bonds is 4. The fourth-order valence-electron chi connectivity index (χ4n) is 1.89. The minimum absolute atomic E-state index is 0.133. The number of amides is 1. The van der Waals surface area contributed by atoms with E-state index in [1.54, 1.807) is 13.4 Å². The van der Waals surface area contributed by atoms with Gasteiger partial charge < -0.3 is 10.3 Å². The Labute approximate surface area is 105 Å². The van der Waals surface area contributed by atoms with Crippen molar-refractivity contribution >= 4 is 16.9 Å². The average molecular weight is 247 g/mol. The second kappa shape index (κ2) is 5.16. The van der Waals surface area contributed by atoms with Crippen LogP contribution in [0.25, 0.3) is 11.0 Å². The molecular formula is C12H17N5O. The van der Waals surface area contributed by atoms with Gasteiger partial charge in [0.25, 0.3) is 0 Å². The highest BCUT2D eigenvalue weighted by atomic mass is 16.2. The second-order valence-corrected chi connectivity index (χ2v) is 4.21. The van der Waals surface area contributed by atoms with Crippen LogP contribution < -0.4 is 16.6 Å². The third-order valence-electron chi connectivity index (χ3n) is 2.85. The monoisotopic (exact) mass is 247 g/mol. The molecule has 0 bridgehead atoms. The first kappa shape index (κ1) is 12.5. The zero-order valence-corrected chi connectivity index (χ0v) is 10.5. The minimum atomic E-state index is -0.329. The van der Waals surface area contributed by atoms with Crippen molar-refractivity contribution in [3.63, 3.8) is 0 Å². The van der Waals surface area contributed by atoms with Crippen molar-refractivity contribution in [2.45, 2.75) is 12.5 Å². The molecule has 0 fully saturated rings. The van der Waals surface area contributed by atoms with Crippen molar-refractivity contribution in [2.75, 3.05) is 7.05 Å². The first-order valence-corrected chi connectivity index (χ1v) is 5.74. The lowest BCUT2D eigenvalue weighted by Gasteiger charge is -2.11. The van der Waals surface area contributed by atoms with E-state index in [-0.39, 0.29) is 18.4 Å². The Balaban J connectivity index is 2.17. The third-order valence-corrected chi connectivity index (χ3v) is 2.85. The number of benzene rings is 1. The van der Waals surface area contributed by atoms with E-state index in [0.717, 1.165) is 16.6 Å². The number of nitrogens with one attached hydrogen (secondary N) is 2. The largest absolute Gasteiger partial charge is 0.334 e. The number of fused-ring (bicyclic) bond motifs is 1. The lowest BCUT2D eigenvalue weighted by molar-refractivity contribution is -0.122. The summed E-state index contributed by atoms with van der Waals surface area (Å²) in [5, 5.41) is 0. The van der Waals surface area contributed by atoms with E-state index < -0.39 is 0 Å². The lowest BCUT2D eigenvalue weighted by atomic mass is 10.0. The molecule has 0 aliphatic rings. The van der Waals surface area contributed by atoms with Gasteiger partial charge in [0, 0.05) is 26.6 Å². The molecule has 6 nitrogen and oxygen atoms in total. The third kappa shape index (κ3) is 2.49. The fraction of sp³-hybridized carbons (Fsp3) is 0.333. The van der Waals surface area contributed by atoms with E-state index in [1.807, 2.05) is 29.8 Å². The number of carbonyl (C=O) groups excluding carboxylic acids is 1. The first-order chi connectivity index (χ1) is 8.61. The molecular weight excluding hydrogens is 230 g/mol. The number of hydrogen-bond acceptors (Lipinski definition) is 4. The molecule has 0 radical (unpaired) electrons. The lowest BCUT2D eigenvalue weighted by Crippen LogP contribution is -2.36. The Morgan fingerprint density at radius 3 is 3.06 bits per heavy atom. The molecule has 1 aromatic carbocycles. The molecule has 0 spiro atoms. The van der Waals surface area contributed by atoms with E-state index in [4.69, 9.17) is 5.73 Å². The van der Waals surface area contributed by atoms with E-state index in [9.17, 15) is 4.79 Å². The molecule has 1 heterocycles. The molecule has 0 aliphatic carbocycles. The second-order valence-electron chi connectivity index (χ2n) is 4.21. The highest BCUT2D eigenvalue weighted by Gasteiger charge is 2.12. The van der Waals surface area contributed by atoms with Crippen molar-refractivity contribution in [3.05, 3.63) is 30.1 Å². The maximum atomic E-state index is 11.4. The van der Waals surface area contributed by atoms with Crippen molar-refractivity contribution in [1.29, 1.82) is 0 Å². The number of aromatic nitrogens is 2. The predicted molar refractivity (Wildman–Crippen MR) is 69.5 cm³/mol. The van der Waals surface area contributed by atoms with Gasteiger partial charge in [-0.25, -0.2) is 10.4 Å². The van der Waals surface area contributed by atoms with E-state index >= 15 is 0 Å². The van der Waals surface area contributed by atoms with Crippen LogP contribution in [0.3, 0.4) is 0 Å². The Bertz CT molecular complexity index is 563. The summed E-state index contributed by atoms with van der Waals surface area (Å²) in [4.78, 5) is 15.7. The summed E-state index contributed by atoms with van der Waals surface area (Å²) in [7, 11) is 3.58. The standard InChI is InChI=1S/C12H17N5O/c1-14-16-12(18)6-9(13)8-3-4-11-10(5-8)15-7-17(11)2/h3-5,7,9,14H,6,13H2,1-2H3,(H,16,18). The molecule has 1 atom stereocenters. The van der Waals surface area contributed by atoms with Crippen molar-refractivity contribution < 1.29 is 4.79 Å². The summed E-state index contributed by atoms with van der Waals surface area (Å²) in [5.74, 6) is -0.133. The highest BCUT2D eigenvalue weighted by Crippen LogP contribution is 2.19. The van der Waals surface area contributed by atoms with Crippen LogP contribution in [0.5, 0.6) is 0 Å². The van der Waals surface area contributed by atoms with E-state index in [0.29, 0.717) is 0 Å². The summed E-state index contributed by atoms with van der Waals surface area (Å²) < 4.78 is 1.94. The van der Waals surface area contributed by atoms with Crippen LogP contribution in [-0.4, -0.2) is 22.5 Å². The van der Waals surface area contributed by atoms with Crippen molar-refractivity contribution in [3.8, 4) is 0 Å². The molecule has 1 aromatic heterocycles. The van der Waals surface area contributed by atoms with Crippen LogP contribution >= 0.6 is 0 Å². The van der Waals surface area contributed by atoms with Gasteiger partial charge in [-0.1, -0.05) is 6.07 Å². The molecule has 4 N–H and O–H groups in total. The van der Waals surface area contributed by atoms with Crippen molar-refractivity contribution in [2.24, 2.45) is 12.8 Å². The molecule has 0 aliphatic heterocycles. The van der Waals surface area contributed by atoms with E-state index in [1.165, 1.54) is 0 Å². The molecule has 2 aromatic rings. The van der Waals surface area contributed by atoms with Crippen LogP contribution in [0.4, 0.5) is 0 Å². The number of nitrogens with two attached hydrogens (primary N) is 1. The zero-order valence-electron chi connectivity index (χ0n) is 10.5. The van der Waals surface area contributed by atoms with Crippen LogP contribution in [0, 0.1) is 0 Å². The van der Waals surface area contributed by atoms with Gasteiger partial charge in [0.15, 0.2) is 0 Å². The molecule has 1 unspecified atom stereocenters. The number of hydrazine groups is 1. The Hall–Kier alpha value is -1.92. The summed E-state index contributed by atoms with van der Waals surface area (Å²) in [6.45, 7) is 0. The fourth-order valence-corrected chi connectivity index (χ4v) is 1.89. The summed E-state index contributed by atoms with van der Waals surface area (Å²) in [5.41, 5.74) is 13.9. The zero-order chi connectivity index (χ0) is 13.1. The topological polar surface area (TPSA) is 85.0 Å². The van der Waals surface area contributed by atoms with Gasteiger partial charge in [-0.3, -0.25) is 10.2 Å². The molecule has 0 saturated heterocycles. The van der Waals surface area contributed by atoms with Gasteiger partial charge in [-0.05, 0) is 17.7 Å². The van der Waals surface area contributed by atoms with E-state index in [2.05, 4.69) is 15.8 Å². The van der Waals surface area contributed by atoms with Gasteiger partial charge in [0.2, 0.25) is 5.91 Å². The number of imidazole rings is 1. The average Bonchev–Trinajstić information content (AvgIpc) is 2.71. The normalized spacial score (nSPS) is 12.6. The van der Waals surface area contributed by atoms with Crippen LogP contribution in [-0.2, 0) is 11.8 Å². The SMILES string of the molecule is CNNC(=O)CC(N)c1ccc2c(c1)ncn2C. The molecule has 0 saturated carbocycles. The van der Waals surface area contributed by atoms with Gasteiger partial charge in [-0.15, -0.1) is 0 Å². The molecule has 18 heavy (non-hydrogen) atoms. The smallest absolute Gasteiger partial charge is 0.235 e. The van der Waals surface area contributed by atoms with Gasteiger partial charge in [0.05, 0.1) is 17.4 Å². The van der Waals surface area contributed by atoms with Crippen LogP contribution in [0.2, 0.25) is 0 Å². The maximum Gasteiger partial charge on any atom is 0.235 e. The molecule has 2 rings (SSSR count). The molecule has 1 amide bonds. The number of nitrogens with zero attached hydrogens (tertiary/aromatic N) is 2. The quantitative estimate of drug-likeness (QED) is 0.674. The van der Waals surface area contributed by atoms with Crippen LogP contribution in [0.15, 0.2) is 24.5 Å². The first-order valence-electron chi connectivity index (χ1n) is 5.74. The van der Waals surface area contributed by atoms with Gasteiger partial charge >= 0.3 is 0 Å². The Kier molecular flexibility index (Phi) is 3.59. The van der Waals surface area contributed by atoms with Crippen LogP contribution in [0.1, 0.15) is 18.0 Å². The summed E-state index contributed by atoms with van der Waals surface area (Å²) in [6, 6.07) is 5.49. The molecule has 96 valence electrons. The Morgan fingerprint density at radius 1 is 1.56 bits per heavy atom. The number of hydrogen-bond donors (Lipinski definition) is 3. The number of aryl methyl sites for hydroxylation is 1. The van der Waals surface area contributed by atoms with Gasteiger partial charge in [0.1, 0.15) is 0 Å². The maximum absolute atomic E-state index is 11.4. The Morgan fingerprint density at radius 2 is 2.33 bits per heavy atom. The van der Waals surface area contributed by atoms with Gasteiger partial charge in [-0.2, -0.15) is 0 Å². The highest BCUT2D eigenvalue weighted by molar-refractivity contribution is 5.78. The minimum Gasteiger partial charge on any atom is -0.334 e. The summed E-state index contributed by atoms with van der Waals surface area (Å²) in [6.07, 6.45) is 1.99.